The molecule has 0 bridgehead atoms. The summed E-state index contributed by atoms with van der Waals surface area (Å²) in [5.74, 6) is 0. The van der Waals surface area contributed by atoms with Crippen LogP contribution in [0.3, 0.4) is 0 Å². The van der Waals surface area contributed by atoms with Crippen molar-refractivity contribution in [3.05, 3.63) is 70.0 Å². The van der Waals surface area contributed by atoms with E-state index < -0.39 is 26.2 Å². The molecular weight excluding hydrogens is 360 g/mol. The molecule has 26 heavy (non-hydrogen) atoms. The monoisotopic (exact) mass is 378 g/mol. The number of nitro benzene ring substituents is 1. The molecule has 2 atom stereocenters. The molecule has 9 nitrogen and oxygen atoms in total. The quantitative estimate of drug-likeness (QED) is 0.597. The molecule has 2 heterocycles. The first-order valence-corrected chi connectivity index (χ1v) is 9.41. The van der Waals surface area contributed by atoms with E-state index in [0.717, 1.165) is 0 Å². The molecule has 138 valence electrons. The first kappa shape index (κ1) is 18.4. The molecule has 1 N–H and O–H groups in total. The smallest absolute Gasteiger partial charge is 0.269 e. The van der Waals surface area contributed by atoms with Crippen LogP contribution in [0, 0.1) is 10.1 Å². The first-order valence-electron chi connectivity index (χ1n) is 7.87. The summed E-state index contributed by atoms with van der Waals surface area (Å²) in [6, 6.07) is 10.5. The first-order chi connectivity index (χ1) is 12.4. The van der Waals surface area contributed by atoms with Gasteiger partial charge in [-0.2, -0.15) is 5.06 Å². The third kappa shape index (κ3) is 3.88. The maximum atomic E-state index is 12.8. The number of non-ortho nitro benzene ring substituents is 1. The summed E-state index contributed by atoms with van der Waals surface area (Å²) in [5, 5.41) is 11.4. The Kier molecular flexibility index (Phi) is 5.28. The second-order valence-electron chi connectivity index (χ2n) is 5.86. The van der Waals surface area contributed by atoms with E-state index in [2.05, 4.69) is 9.71 Å². The van der Waals surface area contributed by atoms with Crippen molar-refractivity contribution in [1.82, 2.24) is 14.8 Å². The molecule has 3 rings (SSSR count). The summed E-state index contributed by atoms with van der Waals surface area (Å²) in [6.07, 6.45) is 1.59. The standard InChI is InChI=1S/C16H18N4O5S/c1-19-16(12-5-7-14(8-6-12)20(21)22)15(11-25-19)26(23,24)18-10-13-4-2-3-9-17-13/h2-9,15-16,18H,10-11H2,1H3. The Morgan fingerprint density at radius 3 is 2.65 bits per heavy atom. The van der Waals surface area contributed by atoms with Gasteiger partial charge in [0.1, 0.15) is 5.25 Å². The number of pyridine rings is 1. The average Bonchev–Trinajstić information content (AvgIpc) is 3.03. The van der Waals surface area contributed by atoms with Crippen LogP contribution in [0.15, 0.2) is 48.7 Å². The van der Waals surface area contributed by atoms with E-state index >= 15 is 0 Å². The summed E-state index contributed by atoms with van der Waals surface area (Å²) in [5.41, 5.74) is 1.18. The average molecular weight is 378 g/mol. The van der Waals surface area contributed by atoms with Gasteiger partial charge < -0.3 is 0 Å². The van der Waals surface area contributed by atoms with E-state index in [9.17, 15) is 18.5 Å². The minimum Gasteiger partial charge on any atom is -0.297 e. The van der Waals surface area contributed by atoms with Gasteiger partial charge in [0.05, 0.1) is 29.8 Å². The van der Waals surface area contributed by atoms with Gasteiger partial charge in [-0.3, -0.25) is 19.9 Å². The van der Waals surface area contributed by atoms with Crippen molar-refractivity contribution in [2.24, 2.45) is 0 Å². The lowest BCUT2D eigenvalue weighted by Gasteiger charge is -2.23. The van der Waals surface area contributed by atoms with Gasteiger partial charge in [0.25, 0.3) is 5.69 Å². The fraction of sp³-hybridized carbons (Fsp3) is 0.312. The lowest BCUT2D eigenvalue weighted by Crippen LogP contribution is -2.39. The summed E-state index contributed by atoms with van der Waals surface area (Å²) in [6.45, 7) is 0.0755. The second kappa shape index (κ2) is 7.46. The number of benzene rings is 1. The number of aromatic nitrogens is 1. The Hall–Kier alpha value is -2.40. The highest BCUT2D eigenvalue weighted by Crippen LogP contribution is 2.34. The highest BCUT2D eigenvalue weighted by atomic mass is 32.2. The van der Waals surface area contributed by atoms with Crippen molar-refractivity contribution in [2.45, 2.75) is 17.8 Å². The molecule has 10 heteroatoms. The summed E-state index contributed by atoms with van der Waals surface area (Å²) in [7, 11) is -2.07. The third-order valence-electron chi connectivity index (χ3n) is 4.21. The third-order valence-corrected chi connectivity index (χ3v) is 5.95. The molecule has 2 unspecified atom stereocenters. The van der Waals surface area contributed by atoms with E-state index in [4.69, 9.17) is 4.84 Å². The summed E-state index contributed by atoms with van der Waals surface area (Å²) >= 11 is 0. The lowest BCUT2D eigenvalue weighted by atomic mass is 10.0. The zero-order chi connectivity index (χ0) is 18.7. The van der Waals surface area contributed by atoms with Crippen LogP contribution in [-0.2, 0) is 21.4 Å². The van der Waals surface area contributed by atoms with E-state index in [1.54, 1.807) is 43.6 Å². The van der Waals surface area contributed by atoms with Gasteiger partial charge in [0.15, 0.2) is 0 Å². The molecule has 0 saturated carbocycles. The lowest BCUT2D eigenvalue weighted by molar-refractivity contribution is -0.384. The van der Waals surface area contributed by atoms with Gasteiger partial charge in [-0.25, -0.2) is 13.1 Å². The molecular formula is C16H18N4O5S. The topological polar surface area (TPSA) is 115 Å². The van der Waals surface area contributed by atoms with Crippen LogP contribution >= 0.6 is 0 Å². The number of rotatable bonds is 6. The van der Waals surface area contributed by atoms with E-state index in [1.165, 1.54) is 17.2 Å². The van der Waals surface area contributed by atoms with Gasteiger partial charge in [-0.15, -0.1) is 0 Å². The van der Waals surface area contributed by atoms with Gasteiger partial charge in [0, 0.05) is 25.4 Å². The molecule has 1 aromatic carbocycles. The van der Waals surface area contributed by atoms with Crippen LogP contribution in [0.25, 0.3) is 0 Å². The maximum Gasteiger partial charge on any atom is 0.269 e. The van der Waals surface area contributed by atoms with Gasteiger partial charge in [-0.1, -0.05) is 18.2 Å². The van der Waals surface area contributed by atoms with Crippen LogP contribution in [0.2, 0.25) is 0 Å². The number of nitrogens with zero attached hydrogens (tertiary/aromatic N) is 3. The number of hydrogen-bond acceptors (Lipinski definition) is 7. The van der Waals surface area contributed by atoms with E-state index in [1.807, 2.05) is 0 Å². The highest BCUT2D eigenvalue weighted by Gasteiger charge is 2.43. The highest BCUT2D eigenvalue weighted by molar-refractivity contribution is 7.90. The second-order valence-corrected chi connectivity index (χ2v) is 7.85. The molecule has 0 radical (unpaired) electrons. The normalized spacial score (nSPS) is 21.0. The predicted molar refractivity (Wildman–Crippen MR) is 93.3 cm³/mol. The van der Waals surface area contributed by atoms with Crippen molar-refractivity contribution in [2.75, 3.05) is 13.7 Å². The van der Waals surface area contributed by atoms with Crippen LogP contribution in [0.1, 0.15) is 17.3 Å². The molecule has 1 aromatic heterocycles. The van der Waals surface area contributed by atoms with Gasteiger partial charge >= 0.3 is 0 Å². The SMILES string of the molecule is CN1OCC(S(=O)(=O)NCc2ccccn2)C1c1ccc([N+](=O)[O-])cc1. The molecule has 1 aliphatic rings. The van der Waals surface area contributed by atoms with E-state index in [-0.39, 0.29) is 18.8 Å². The number of hydroxylamine groups is 2. The Bertz CT molecular complexity index is 873. The summed E-state index contributed by atoms with van der Waals surface area (Å²) in [4.78, 5) is 19.8. The number of nitrogens with one attached hydrogen (secondary N) is 1. The zero-order valence-electron chi connectivity index (χ0n) is 14.0. The van der Waals surface area contributed by atoms with Crippen molar-refractivity contribution in [1.29, 1.82) is 0 Å². The fourth-order valence-electron chi connectivity index (χ4n) is 2.86. The number of nitro groups is 1. The molecule has 0 amide bonds. The molecule has 0 spiro atoms. The van der Waals surface area contributed by atoms with Crippen molar-refractivity contribution >= 4 is 15.7 Å². The Balaban J connectivity index is 1.79. The molecule has 1 aliphatic heterocycles. The minimum atomic E-state index is -3.71. The summed E-state index contributed by atoms with van der Waals surface area (Å²) < 4.78 is 28.1. The Morgan fingerprint density at radius 1 is 1.31 bits per heavy atom. The number of sulfonamides is 1. The zero-order valence-corrected chi connectivity index (χ0v) is 14.8. The van der Waals surface area contributed by atoms with Crippen LogP contribution in [0.4, 0.5) is 5.69 Å². The predicted octanol–water partition coefficient (Wildman–Crippen LogP) is 1.40. The van der Waals surface area contributed by atoms with Crippen molar-refractivity contribution < 1.29 is 18.2 Å². The van der Waals surface area contributed by atoms with Crippen molar-refractivity contribution in [3.63, 3.8) is 0 Å². The van der Waals surface area contributed by atoms with Crippen LogP contribution in [0.5, 0.6) is 0 Å². The Morgan fingerprint density at radius 2 is 2.04 bits per heavy atom. The van der Waals surface area contributed by atoms with Crippen molar-refractivity contribution in [3.8, 4) is 0 Å². The minimum absolute atomic E-state index is 0.00426. The van der Waals surface area contributed by atoms with Gasteiger partial charge in [0.2, 0.25) is 10.0 Å². The molecule has 1 fully saturated rings. The molecule has 2 aromatic rings. The maximum absolute atomic E-state index is 12.8. The molecule has 0 aliphatic carbocycles. The number of hydrogen-bond donors (Lipinski definition) is 1. The van der Waals surface area contributed by atoms with Crippen LogP contribution in [-0.4, -0.2) is 42.3 Å². The fourth-order valence-corrected chi connectivity index (χ4v) is 4.33. The Labute approximate surface area is 150 Å². The van der Waals surface area contributed by atoms with E-state index in [0.29, 0.717) is 11.3 Å². The van der Waals surface area contributed by atoms with Gasteiger partial charge in [-0.05, 0) is 17.7 Å². The molecule has 1 saturated heterocycles. The largest absolute Gasteiger partial charge is 0.297 e. The van der Waals surface area contributed by atoms with Crippen LogP contribution < -0.4 is 4.72 Å².